The van der Waals surface area contributed by atoms with E-state index >= 15 is 0 Å². The van der Waals surface area contributed by atoms with Gasteiger partial charge >= 0.3 is 0 Å². The second-order valence-corrected chi connectivity index (χ2v) is 14.5. The van der Waals surface area contributed by atoms with Crippen LogP contribution in [0, 0.1) is 0 Å². The van der Waals surface area contributed by atoms with Crippen molar-refractivity contribution in [1.29, 1.82) is 0 Å². The number of nitrogens with zero attached hydrogens (tertiary/aromatic N) is 2. The van der Waals surface area contributed by atoms with Crippen molar-refractivity contribution >= 4 is 56.1 Å². The second kappa shape index (κ2) is 12.5. The Morgan fingerprint density at radius 1 is 0.974 bits per heavy atom. The van der Waals surface area contributed by atoms with Gasteiger partial charge in [0.1, 0.15) is 10.3 Å². The molecule has 2 atom stereocenters. The van der Waals surface area contributed by atoms with Gasteiger partial charge in [0.05, 0.1) is 10.9 Å². The quantitative estimate of drug-likeness (QED) is 0.361. The molecule has 3 aromatic rings. The molecular weight excluding hydrogens is 576 g/mol. The van der Waals surface area contributed by atoms with E-state index in [0.717, 1.165) is 40.5 Å². The Labute approximate surface area is 242 Å². The van der Waals surface area contributed by atoms with Crippen LogP contribution in [0.1, 0.15) is 31.2 Å². The highest BCUT2D eigenvalue weighted by atomic mass is 35.5. The number of carbonyl (C=O) groups is 2. The minimum absolute atomic E-state index is 0.0332. The highest BCUT2D eigenvalue weighted by Crippen LogP contribution is 2.37. The van der Waals surface area contributed by atoms with E-state index in [2.05, 4.69) is 22.2 Å². The molecule has 2 N–H and O–H groups in total. The molecule has 0 radical (unpaired) electrons. The summed E-state index contributed by atoms with van der Waals surface area (Å²) in [6, 6.07) is 16.2. The number of sulfonamides is 1. The van der Waals surface area contributed by atoms with Gasteiger partial charge < -0.3 is 15.1 Å². The Hall–Kier alpha value is -2.28. The zero-order chi connectivity index (χ0) is 27.4. The third kappa shape index (κ3) is 6.90. The van der Waals surface area contributed by atoms with Crippen LogP contribution in [0.5, 0.6) is 0 Å². The first-order valence-corrected chi connectivity index (χ1v) is 16.5. The fourth-order valence-corrected chi connectivity index (χ4v) is 8.78. The fourth-order valence-electron chi connectivity index (χ4n) is 5.11. The summed E-state index contributed by atoms with van der Waals surface area (Å²) in [7, 11) is -3.89. The number of rotatable bonds is 10. The second-order valence-electron chi connectivity index (χ2n) is 9.80. The van der Waals surface area contributed by atoms with Gasteiger partial charge in [-0.15, -0.1) is 22.7 Å². The minimum atomic E-state index is -3.89. The smallest absolute Gasteiger partial charge is 0.250 e. The predicted octanol–water partition coefficient (Wildman–Crippen LogP) is 4.18. The van der Waals surface area contributed by atoms with Gasteiger partial charge in [0.2, 0.25) is 11.8 Å². The van der Waals surface area contributed by atoms with Crippen LogP contribution in [0.2, 0.25) is 4.34 Å². The van der Waals surface area contributed by atoms with Crippen molar-refractivity contribution in [3.63, 3.8) is 0 Å². The lowest BCUT2D eigenvalue weighted by Gasteiger charge is -2.34. The lowest BCUT2D eigenvalue weighted by atomic mass is 10.1. The maximum absolute atomic E-state index is 13.2. The van der Waals surface area contributed by atoms with E-state index in [4.69, 9.17) is 11.6 Å². The van der Waals surface area contributed by atoms with Crippen LogP contribution in [0.25, 0.3) is 9.75 Å². The first-order chi connectivity index (χ1) is 18.8. The predicted molar refractivity (Wildman–Crippen MR) is 155 cm³/mol. The first kappa shape index (κ1) is 28.3. The number of piperidine rings is 1. The topological polar surface area (TPSA) is 98.8 Å². The third-order valence-corrected chi connectivity index (χ3v) is 11.5. The van der Waals surface area contributed by atoms with Gasteiger partial charge in [-0.1, -0.05) is 41.9 Å². The van der Waals surface area contributed by atoms with Crippen LogP contribution in [0.15, 0.2) is 58.8 Å². The molecule has 0 saturated carbocycles. The van der Waals surface area contributed by atoms with Gasteiger partial charge in [-0.2, -0.15) is 4.72 Å². The Morgan fingerprint density at radius 3 is 2.49 bits per heavy atom. The zero-order valence-electron chi connectivity index (χ0n) is 21.3. The number of thiophene rings is 2. The van der Waals surface area contributed by atoms with Crippen LogP contribution in [0.4, 0.5) is 0 Å². The van der Waals surface area contributed by atoms with Crippen LogP contribution >= 0.6 is 34.3 Å². The van der Waals surface area contributed by atoms with E-state index in [0.29, 0.717) is 36.8 Å². The summed E-state index contributed by atoms with van der Waals surface area (Å²) in [4.78, 5) is 31.5. The van der Waals surface area contributed by atoms with Crippen LogP contribution in [0.3, 0.4) is 0 Å². The minimum Gasteiger partial charge on any atom is -0.337 e. The zero-order valence-corrected chi connectivity index (χ0v) is 24.6. The van der Waals surface area contributed by atoms with Crippen molar-refractivity contribution in [2.45, 2.75) is 48.5 Å². The average Bonchev–Trinajstić information content (AvgIpc) is 3.68. The molecule has 0 spiro atoms. The van der Waals surface area contributed by atoms with E-state index in [1.54, 1.807) is 18.2 Å². The van der Waals surface area contributed by atoms with Gasteiger partial charge in [0.25, 0.3) is 10.0 Å². The number of nitrogens with one attached hydrogen (secondary N) is 2. The molecule has 0 unspecified atom stereocenters. The Bertz CT molecular complexity index is 1410. The van der Waals surface area contributed by atoms with Gasteiger partial charge in [-0.3, -0.25) is 9.59 Å². The highest BCUT2D eigenvalue weighted by molar-refractivity contribution is 7.91. The number of halogens is 1. The molecule has 12 heteroatoms. The molecule has 2 saturated heterocycles. The van der Waals surface area contributed by atoms with Crippen molar-refractivity contribution in [2.24, 2.45) is 0 Å². The summed E-state index contributed by atoms with van der Waals surface area (Å²) >= 11 is 8.54. The molecule has 0 bridgehead atoms. The summed E-state index contributed by atoms with van der Waals surface area (Å²) in [5.74, 6) is -0.439. The molecule has 2 aliphatic heterocycles. The SMILES string of the molecule is O=C1[C@@H](NS(=O)(=O)c2ccc(-c3ccc(Cl)s3)s2)CCCN1CC(=O)N1CCC[C@H]1CNCc1ccccc1. The molecule has 39 heavy (non-hydrogen) atoms. The number of carbonyl (C=O) groups excluding carboxylic acids is 2. The lowest BCUT2D eigenvalue weighted by Crippen LogP contribution is -2.55. The Kier molecular flexibility index (Phi) is 9.05. The molecule has 4 heterocycles. The van der Waals surface area contributed by atoms with Crippen molar-refractivity contribution in [3.8, 4) is 9.75 Å². The molecule has 0 aliphatic carbocycles. The molecule has 2 amide bonds. The molecule has 2 aliphatic rings. The maximum Gasteiger partial charge on any atom is 0.250 e. The number of benzene rings is 1. The summed E-state index contributed by atoms with van der Waals surface area (Å²) in [5.41, 5.74) is 1.19. The van der Waals surface area contributed by atoms with E-state index in [9.17, 15) is 18.0 Å². The highest BCUT2D eigenvalue weighted by Gasteiger charge is 2.36. The molecule has 5 rings (SSSR count). The summed E-state index contributed by atoms with van der Waals surface area (Å²) in [5, 5.41) is 3.45. The monoisotopic (exact) mass is 606 g/mol. The van der Waals surface area contributed by atoms with Crippen LogP contribution < -0.4 is 10.0 Å². The van der Waals surface area contributed by atoms with Crippen molar-refractivity contribution in [3.05, 3.63) is 64.5 Å². The van der Waals surface area contributed by atoms with Crippen molar-refractivity contribution in [2.75, 3.05) is 26.2 Å². The number of hydrogen-bond acceptors (Lipinski definition) is 7. The lowest BCUT2D eigenvalue weighted by molar-refractivity contribution is -0.143. The van der Waals surface area contributed by atoms with E-state index in [1.165, 1.54) is 21.8 Å². The van der Waals surface area contributed by atoms with Gasteiger partial charge in [0, 0.05) is 42.0 Å². The first-order valence-electron chi connectivity index (χ1n) is 13.0. The average molecular weight is 607 g/mol. The number of likely N-dealkylation sites (tertiary alicyclic amines) is 2. The Balaban J connectivity index is 1.16. The largest absolute Gasteiger partial charge is 0.337 e. The van der Waals surface area contributed by atoms with Gasteiger partial charge in [-0.05, 0) is 55.5 Å². The van der Waals surface area contributed by atoms with E-state index in [-0.39, 0.29) is 28.6 Å². The Morgan fingerprint density at radius 2 is 1.72 bits per heavy atom. The standard InChI is InChI=1S/C27H31ClN4O4S3/c28-24-12-10-22(37-24)23-11-13-26(38-23)39(35,36)30-21-9-5-14-31(27(21)34)18-25(33)32-15-4-8-20(32)17-29-16-19-6-2-1-3-7-19/h1-3,6-7,10-13,20-21,29-30H,4-5,8-9,14-18H2/t20-,21-/m0/s1. The van der Waals surface area contributed by atoms with Crippen molar-refractivity contribution < 1.29 is 18.0 Å². The summed E-state index contributed by atoms with van der Waals surface area (Å²) in [6.07, 6.45) is 2.87. The molecule has 1 aromatic carbocycles. The van der Waals surface area contributed by atoms with E-state index in [1.807, 2.05) is 29.2 Å². The van der Waals surface area contributed by atoms with Crippen molar-refractivity contribution in [1.82, 2.24) is 19.8 Å². The normalized spacial score (nSPS) is 20.1. The van der Waals surface area contributed by atoms with Crippen LogP contribution in [-0.2, 0) is 26.2 Å². The molecule has 208 valence electrons. The summed E-state index contributed by atoms with van der Waals surface area (Å²) in [6.45, 7) is 2.51. The number of amides is 2. The maximum atomic E-state index is 13.2. The van der Waals surface area contributed by atoms with E-state index < -0.39 is 16.1 Å². The number of hydrogen-bond donors (Lipinski definition) is 2. The molecule has 2 fully saturated rings. The third-order valence-electron chi connectivity index (χ3n) is 7.07. The van der Waals surface area contributed by atoms with Crippen LogP contribution in [-0.4, -0.2) is 68.3 Å². The fraction of sp³-hybridized carbons (Fsp3) is 0.407. The molecule has 2 aromatic heterocycles. The summed E-state index contributed by atoms with van der Waals surface area (Å²) < 4.78 is 29.6. The molecular formula is C27H31ClN4O4S3. The van der Waals surface area contributed by atoms with Gasteiger partial charge in [-0.25, -0.2) is 8.42 Å². The molecule has 8 nitrogen and oxygen atoms in total. The van der Waals surface area contributed by atoms with Gasteiger partial charge in [0.15, 0.2) is 0 Å².